The summed E-state index contributed by atoms with van der Waals surface area (Å²) in [6, 6.07) is 28.3. The second-order valence-electron chi connectivity index (χ2n) is 8.46. The Morgan fingerprint density at radius 1 is 0.941 bits per heavy atom. The number of rotatable bonds is 6. The predicted molar refractivity (Wildman–Crippen MR) is 131 cm³/mol. The molecule has 0 bridgehead atoms. The van der Waals surface area contributed by atoms with E-state index in [9.17, 15) is 9.59 Å². The molecule has 1 aromatic heterocycles. The molecule has 0 amide bonds. The summed E-state index contributed by atoms with van der Waals surface area (Å²) in [5, 5.41) is 0. The van der Waals surface area contributed by atoms with Crippen LogP contribution in [0.3, 0.4) is 0 Å². The average molecular weight is 452 g/mol. The van der Waals surface area contributed by atoms with Gasteiger partial charge in [0.15, 0.2) is 6.10 Å². The standard InChI is InChI=1S/C29H25NO4/c1-19-17-24-26(29(32)30(19)18-20-9-5-3-6-10-20)25(21-13-15-23(33-2)16-14-21)28(34-24)27(31)22-11-7-4-8-12-22/h3-17,25,28H,18H2,1-2H3/t25-,28-/m1/s1. The molecular weight excluding hydrogens is 426 g/mol. The number of fused-ring (bicyclic) bond motifs is 1. The minimum atomic E-state index is -0.828. The zero-order valence-electron chi connectivity index (χ0n) is 19.1. The molecule has 0 N–H and O–H groups in total. The van der Waals surface area contributed by atoms with Crippen molar-refractivity contribution in [1.29, 1.82) is 0 Å². The van der Waals surface area contributed by atoms with Gasteiger partial charge in [0.05, 0.1) is 25.1 Å². The fraction of sp³-hybridized carbons (Fsp3) is 0.172. The van der Waals surface area contributed by atoms with Crippen molar-refractivity contribution in [3.05, 3.63) is 129 Å². The summed E-state index contributed by atoms with van der Waals surface area (Å²) in [6.07, 6.45) is -0.828. The van der Waals surface area contributed by atoms with Gasteiger partial charge in [0.2, 0.25) is 5.78 Å². The third-order valence-electron chi connectivity index (χ3n) is 6.35. The average Bonchev–Trinajstić information content (AvgIpc) is 3.26. The van der Waals surface area contributed by atoms with Crippen LogP contribution in [0.5, 0.6) is 11.5 Å². The summed E-state index contributed by atoms with van der Waals surface area (Å²) in [5.41, 5.74) is 3.59. The number of nitrogens with zero attached hydrogens (tertiary/aromatic N) is 1. The van der Waals surface area contributed by atoms with Gasteiger partial charge in [-0.3, -0.25) is 9.59 Å². The van der Waals surface area contributed by atoms with Crippen LogP contribution < -0.4 is 15.0 Å². The summed E-state index contributed by atoms with van der Waals surface area (Å²) in [5.74, 6) is 0.508. The molecule has 1 aliphatic heterocycles. The van der Waals surface area contributed by atoms with Crippen molar-refractivity contribution in [3.8, 4) is 11.5 Å². The molecule has 3 aromatic carbocycles. The maximum absolute atomic E-state index is 13.8. The van der Waals surface area contributed by atoms with Crippen molar-refractivity contribution < 1.29 is 14.3 Å². The fourth-order valence-electron chi connectivity index (χ4n) is 4.58. The first-order chi connectivity index (χ1) is 16.6. The molecule has 0 fully saturated rings. The summed E-state index contributed by atoms with van der Waals surface area (Å²) in [6.45, 7) is 2.34. The number of pyridine rings is 1. The van der Waals surface area contributed by atoms with E-state index >= 15 is 0 Å². The number of hydrogen-bond acceptors (Lipinski definition) is 4. The van der Waals surface area contributed by atoms with Crippen LogP contribution in [0.2, 0.25) is 0 Å². The molecule has 0 spiro atoms. The third-order valence-corrected chi connectivity index (χ3v) is 6.35. The Labute approximate surface area is 198 Å². The molecule has 2 atom stereocenters. The normalized spacial score (nSPS) is 16.5. The molecule has 5 nitrogen and oxygen atoms in total. The van der Waals surface area contributed by atoms with E-state index in [1.807, 2.05) is 85.8 Å². The van der Waals surface area contributed by atoms with E-state index in [4.69, 9.17) is 9.47 Å². The van der Waals surface area contributed by atoms with Crippen LogP contribution in [0.25, 0.3) is 0 Å². The lowest BCUT2D eigenvalue weighted by Crippen LogP contribution is -2.32. The number of ether oxygens (including phenoxy) is 2. The minimum absolute atomic E-state index is 0.136. The maximum atomic E-state index is 13.8. The predicted octanol–water partition coefficient (Wildman–Crippen LogP) is 4.99. The Hall–Kier alpha value is -4.12. The smallest absolute Gasteiger partial charge is 0.258 e. The van der Waals surface area contributed by atoms with Crippen molar-refractivity contribution in [2.75, 3.05) is 7.11 Å². The Morgan fingerprint density at radius 3 is 2.24 bits per heavy atom. The molecule has 1 aliphatic rings. The Balaban J connectivity index is 1.64. The van der Waals surface area contributed by atoms with Gasteiger partial charge in [0.25, 0.3) is 5.56 Å². The number of aryl methyl sites for hydroxylation is 1. The van der Waals surface area contributed by atoms with Crippen LogP contribution in [-0.2, 0) is 6.54 Å². The van der Waals surface area contributed by atoms with Gasteiger partial charge in [0.1, 0.15) is 11.5 Å². The van der Waals surface area contributed by atoms with Crippen molar-refractivity contribution in [3.63, 3.8) is 0 Å². The maximum Gasteiger partial charge on any atom is 0.258 e. The lowest BCUT2D eigenvalue weighted by Gasteiger charge is -2.19. The molecule has 5 rings (SSSR count). The number of Topliss-reactive ketones (excluding diaryl/α,β-unsaturated/α-hetero) is 1. The van der Waals surface area contributed by atoms with Crippen LogP contribution in [0.4, 0.5) is 0 Å². The molecule has 0 unspecified atom stereocenters. The van der Waals surface area contributed by atoms with Gasteiger partial charge in [-0.1, -0.05) is 72.8 Å². The highest BCUT2D eigenvalue weighted by molar-refractivity contribution is 6.01. The van der Waals surface area contributed by atoms with Crippen LogP contribution in [-0.4, -0.2) is 23.6 Å². The first kappa shape index (κ1) is 21.7. The summed E-state index contributed by atoms with van der Waals surface area (Å²) in [7, 11) is 1.61. The molecule has 34 heavy (non-hydrogen) atoms. The molecule has 0 saturated heterocycles. The van der Waals surface area contributed by atoms with Gasteiger partial charge >= 0.3 is 0 Å². The van der Waals surface area contributed by atoms with E-state index in [1.54, 1.807) is 23.8 Å². The van der Waals surface area contributed by atoms with Crippen LogP contribution >= 0.6 is 0 Å². The summed E-state index contributed by atoms with van der Waals surface area (Å²) < 4.78 is 13.3. The number of hydrogen-bond donors (Lipinski definition) is 0. The fourth-order valence-corrected chi connectivity index (χ4v) is 4.58. The highest BCUT2D eigenvalue weighted by atomic mass is 16.5. The first-order valence-electron chi connectivity index (χ1n) is 11.2. The second-order valence-corrected chi connectivity index (χ2v) is 8.46. The number of benzene rings is 3. The van der Waals surface area contributed by atoms with E-state index in [1.165, 1.54) is 0 Å². The van der Waals surface area contributed by atoms with Crippen LogP contribution in [0, 0.1) is 6.92 Å². The molecular formula is C29H25NO4. The molecule has 5 heteroatoms. The van der Waals surface area contributed by atoms with E-state index in [0.717, 1.165) is 16.8 Å². The van der Waals surface area contributed by atoms with Crippen molar-refractivity contribution >= 4 is 5.78 Å². The van der Waals surface area contributed by atoms with Gasteiger partial charge in [0, 0.05) is 17.3 Å². The van der Waals surface area contributed by atoms with Gasteiger partial charge in [-0.05, 0) is 30.2 Å². The first-order valence-corrected chi connectivity index (χ1v) is 11.2. The Kier molecular flexibility index (Phi) is 5.76. The van der Waals surface area contributed by atoms with Crippen molar-refractivity contribution in [2.45, 2.75) is 25.5 Å². The molecule has 0 aliphatic carbocycles. The van der Waals surface area contributed by atoms with Gasteiger partial charge < -0.3 is 14.0 Å². The lowest BCUT2D eigenvalue weighted by molar-refractivity contribution is 0.0806. The zero-order valence-corrected chi connectivity index (χ0v) is 19.1. The molecule has 0 radical (unpaired) electrons. The van der Waals surface area contributed by atoms with Crippen LogP contribution in [0.15, 0.2) is 95.8 Å². The minimum Gasteiger partial charge on any atom is -0.497 e. The van der Waals surface area contributed by atoms with Crippen LogP contribution in [0.1, 0.15) is 38.7 Å². The molecule has 4 aromatic rings. The monoisotopic (exact) mass is 451 g/mol. The van der Waals surface area contributed by atoms with Gasteiger partial charge in [-0.2, -0.15) is 0 Å². The zero-order chi connectivity index (χ0) is 23.7. The van der Waals surface area contributed by atoms with Gasteiger partial charge in [-0.25, -0.2) is 0 Å². The number of aromatic nitrogens is 1. The van der Waals surface area contributed by atoms with Crippen molar-refractivity contribution in [1.82, 2.24) is 4.57 Å². The Bertz CT molecular complexity index is 1380. The van der Waals surface area contributed by atoms with E-state index in [0.29, 0.717) is 29.2 Å². The van der Waals surface area contributed by atoms with Crippen molar-refractivity contribution in [2.24, 2.45) is 0 Å². The number of ketones is 1. The largest absolute Gasteiger partial charge is 0.497 e. The molecule has 170 valence electrons. The Morgan fingerprint density at radius 2 is 1.59 bits per heavy atom. The van der Waals surface area contributed by atoms with E-state index < -0.39 is 12.0 Å². The quantitative estimate of drug-likeness (QED) is 0.388. The third kappa shape index (κ3) is 3.90. The topological polar surface area (TPSA) is 57.5 Å². The lowest BCUT2D eigenvalue weighted by atomic mass is 9.85. The summed E-state index contributed by atoms with van der Waals surface area (Å²) in [4.78, 5) is 27.4. The van der Waals surface area contributed by atoms with E-state index in [2.05, 4.69) is 0 Å². The highest BCUT2D eigenvalue weighted by Gasteiger charge is 2.43. The summed E-state index contributed by atoms with van der Waals surface area (Å²) >= 11 is 0. The number of carbonyl (C=O) groups is 1. The van der Waals surface area contributed by atoms with E-state index in [-0.39, 0.29) is 11.3 Å². The van der Waals surface area contributed by atoms with Gasteiger partial charge in [-0.15, -0.1) is 0 Å². The number of carbonyl (C=O) groups excluding carboxylic acids is 1. The number of methoxy groups -OCH3 is 1. The molecule has 0 saturated carbocycles. The highest BCUT2D eigenvalue weighted by Crippen LogP contribution is 2.42. The second kappa shape index (κ2) is 9.02. The SMILES string of the molecule is COc1ccc([C@@H]2c3c(cc(C)n(Cc4ccccc4)c3=O)O[C@H]2C(=O)c2ccccc2)cc1. The molecule has 2 heterocycles.